The van der Waals surface area contributed by atoms with Crippen molar-refractivity contribution in [3.8, 4) is 0 Å². The highest BCUT2D eigenvalue weighted by molar-refractivity contribution is 6.74. The summed E-state index contributed by atoms with van der Waals surface area (Å²) < 4.78 is 12.4. The molecule has 0 saturated carbocycles. The largest absolute Gasteiger partial charge is 0.481 e. The van der Waals surface area contributed by atoms with E-state index in [0.717, 1.165) is 11.1 Å². The van der Waals surface area contributed by atoms with Gasteiger partial charge < -0.3 is 14.3 Å². The number of hydrogen-bond acceptors (Lipinski definition) is 4. The molecule has 0 fully saturated rings. The fourth-order valence-electron chi connectivity index (χ4n) is 3.92. The van der Waals surface area contributed by atoms with Crippen molar-refractivity contribution in [2.45, 2.75) is 90.9 Å². The summed E-state index contributed by atoms with van der Waals surface area (Å²) in [6, 6.07) is 18.3. The van der Waals surface area contributed by atoms with E-state index in [1.54, 1.807) is 33.8 Å². The molecule has 2 aromatic carbocycles. The first-order chi connectivity index (χ1) is 17.5. The van der Waals surface area contributed by atoms with E-state index in [4.69, 9.17) is 9.16 Å². The second-order valence-corrected chi connectivity index (χ2v) is 17.1. The number of carboxylic acid groups (broad SMARTS) is 1. The van der Waals surface area contributed by atoms with Crippen molar-refractivity contribution in [1.29, 1.82) is 0 Å². The zero-order valence-electron chi connectivity index (χ0n) is 24.4. The normalized spacial score (nSPS) is 15.1. The lowest BCUT2D eigenvalue weighted by molar-refractivity contribution is -0.147. The van der Waals surface area contributed by atoms with Crippen molar-refractivity contribution < 1.29 is 23.9 Å². The van der Waals surface area contributed by atoms with E-state index in [2.05, 4.69) is 33.9 Å². The van der Waals surface area contributed by atoms with Crippen LogP contribution in [0.2, 0.25) is 18.1 Å². The predicted molar refractivity (Wildman–Crippen MR) is 156 cm³/mol. The molecule has 0 spiro atoms. The molecule has 0 heterocycles. The first-order valence-electron chi connectivity index (χ1n) is 13.2. The Morgan fingerprint density at radius 3 is 1.95 bits per heavy atom. The molecule has 0 saturated heterocycles. The highest BCUT2D eigenvalue weighted by Crippen LogP contribution is 2.39. The van der Waals surface area contributed by atoms with Gasteiger partial charge in [-0.1, -0.05) is 93.6 Å². The summed E-state index contributed by atoms with van der Waals surface area (Å²) in [5.74, 6) is -2.05. The summed E-state index contributed by atoms with van der Waals surface area (Å²) >= 11 is 0. The van der Waals surface area contributed by atoms with Crippen molar-refractivity contribution in [2.24, 2.45) is 5.92 Å². The lowest BCUT2D eigenvalue weighted by atomic mass is 9.92. The molecule has 0 bridgehead atoms. The summed E-state index contributed by atoms with van der Waals surface area (Å²) in [6.07, 6.45) is 2.43. The maximum atomic E-state index is 13.7. The topological polar surface area (TPSA) is 76.1 Å². The van der Waals surface area contributed by atoms with E-state index in [0.29, 0.717) is 0 Å². The number of amides is 1. The standard InChI is InChI=1S/C31H45NO5Si/c1-23(37-38(8,9)31(5,6)7)27(28(33)34)26(21-20-24-16-12-10-13-17-24)32(29(35)36-30(2,3)4)22-25-18-14-11-15-19-25/h10-21,23,26-27H,22H2,1-9H3,(H,33,34)/b21-20+/t23-,26-,27-/m0/s1. The summed E-state index contributed by atoms with van der Waals surface area (Å²) in [7, 11) is -2.31. The first-order valence-corrected chi connectivity index (χ1v) is 16.1. The molecule has 208 valence electrons. The molecule has 6 nitrogen and oxygen atoms in total. The van der Waals surface area contributed by atoms with Crippen molar-refractivity contribution in [1.82, 2.24) is 4.90 Å². The van der Waals surface area contributed by atoms with Crippen LogP contribution in [0.5, 0.6) is 0 Å². The summed E-state index contributed by atoms with van der Waals surface area (Å²) in [5.41, 5.74) is 1.03. The van der Waals surface area contributed by atoms with Crippen molar-refractivity contribution >= 4 is 26.5 Å². The van der Waals surface area contributed by atoms with Crippen LogP contribution in [0.4, 0.5) is 4.79 Å². The van der Waals surface area contributed by atoms with E-state index in [1.807, 2.05) is 66.7 Å². The number of ether oxygens (including phenoxy) is 1. The highest BCUT2D eigenvalue weighted by Gasteiger charge is 2.45. The van der Waals surface area contributed by atoms with E-state index in [1.165, 1.54) is 4.90 Å². The molecule has 7 heteroatoms. The summed E-state index contributed by atoms with van der Waals surface area (Å²) in [5, 5.41) is 10.5. The van der Waals surface area contributed by atoms with E-state index in [-0.39, 0.29) is 11.6 Å². The number of carbonyl (C=O) groups is 2. The van der Waals surface area contributed by atoms with Gasteiger partial charge in [0.1, 0.15) is 11.5 Å². The van der Waals surface area contributed by atoms with Gasteiger partial charge in [0.15, 0.2) is 8.32 Å². The lowest BCUT2D eigenvalue weighted by Crippen LogP contribution is -2.53. The van der Waals surface area contributed by atoms with Gasteiger partial charge in [0, 0.05) is 6.54 Å². The zero-order chi connectivity index (χ0) is 28.7. The smallest absolute Gasteiger partial charge is 0.411 e. The molecule has 1 amide bonds. The quantitative estimate of drug-likeness (QED) is 0.314. The van der Waals surface area contributed by atoms with Crippen LogP contribution < -0.4 is 0 Å². The van der Waals surface area contributed by atoms with Gasteiger partial charge in [-0.3, -0.25) is 9.69 Å². The van der Waals surface area contributed by atoms with Crippen LogP contribution in [0.25, 0.3) is 6.08 Å². The zero-order valence-corrected chi connectivity index (χ0v) is 25.4. The van der Waals surface area contributed by atoms with Gasteiger partial charge in [-0.15, -0.1) is 0 Å². The highest BCUT2D eigenvalue weighted by atomic mass is 28.4. The van der Waals surface area contributed by atoms with Gasteiger partial charge in [0.25, 0.3) is 0 Å². The number of carboxylic acids is 1. The third kappa shape index (κ3) is 9.13. The Labute approximate surface area is 229 Å². The molecular weight excluding hydrogens is 494 g/mol. The minimum absolute atomic E-state index is 0.103. The van der Waals surface area contributed by atoms with Crippen molar-refractivity contribution in [3.05, 3.63) is 77.9 Å². The minimum Gasteiger partial charge on any atom is -0.481 e. The molecule has 1 N–H and O–H groups in total. The molecule has 2 rings (SSSR count). The maximum Gasteiger partial charge on any atom is 0.411 e. The molecule has 38 heavy (non-hydrogen) atoms. The maximum absolute atomic E-state index is 13.7. The Morgan fingerprint density at radius 1 is 0.947 bits per heavy atom. The van der Waals surface area contributed by atoms with E-state index in [9.17, 15) is 14.7 Å². The number of benzene rings is 2. The summed E-state index contributed by atoms with van der Waals surface area (Å²) in [4.78, 5) is 28.1. The number of rotatable bonds is 10. The minimum atomic E-state index is -2.31. The lowest BCUT2D eigenvalue weighted by Gasteiger charge is -2.42. The van der Waals surface area contributed by atoms with Crippen LogP contribution in [0.15, 0.2) is 66.7 Å². The monoisotopic (exact) mass is 539 g/mol. The van der Waals surface area contributed by atoms with Gasteiger partial charge in [0.2, 0.25) is 0 Å². The van der Waals surface area contributed by atoms with Crippen LogP contribution >= 0.6 is 0 Å². The Bertz CT molecular complexity index is 1070. The van der Waals surface area contributed by atoms with Crippen molar-refractivity contribution in [3.63, 3.8) is 0 Å². The van der Waals surface area contributed by atoms with Crippen LogP contribution in [0.3, 0.4) is 0 Å². The molecule has 0 aliphatic carbocycles. The van der Waals surface area contributed by atoms with Crippen LogP contribution in [0, 0.1) is 5.92 Å². The number of nitrogens with zero attached hydrogens (tertiary/aromatic N) is 1. The number of hydrogen-bond donors (Lipinski definition) is 1. The van der Waals surface area contributed by atoms with Gasteiger partial charge in [-0.25, -0.2) is 4.79 Å². The average Bonchev–Trinajstić information content (AvgIpc) is 2.79. The fraction of sp³-hybridized carbons (Fsp3) is 0.484. The predicted octanol–water partition coefficient (Wildman–Crippen LogP) is 7.62. The molecule has 0 unspecified atom stereocenters. The molecule has 3 atom stereocenters. The molecular formula is C31H45NO5Si. The van der Waals surface area contributed by atoms with Crippen LogP contribution in [0.1, 0.15) is 59.6 Å². The first kappa shape index (κ1) is 31.3. The van der Waals surface area contributed by atoms with Crippen molar-refractivity contribution in [2.75, 3.05) is 0 Å². The van der Waals surface area contributed by atoms with Gasteiger partial charge in [-0.2, -0.15) is 0 Å². The Balaban J connectivity index is 2.64. The van der Waals surface area contributed by atoms with Gasteiger partial charge in [-0.05, 0) is 57.0 Å². The third-order valence-electron chi connectivity index (χ3n) is 6.91. The van der Waals surface area contributed by atoms with Crippen LogP contribution in [-0.2, 0) is 20.5 Å². The average molecular weight is 540 g/mol. The Kier molecular flexibility index (Phi) is 10.5. The molecule has 0 aliphatic heterocycles. The second-order valence-electron chi connectivity index (χ2n) is 12.3. The summed E-state index contributed by atoms with van der Waals surface area (Å²) in [6.45, 7) is 18.0. The molecule has 0 radical (unpaired) electrons. The third-order valence-corrected chi connectivity index (χ3v) is 11.5. The van der Waals surface area contributed by atoms with Gasteiger partial charge >= 0.3 is 12.1 Å². The number of carbonyl (C=O) groups excluding carboxylic acids is 1. The molecule has 0 aromatic heterocycles. The van der Waals surface area contributed by atoms with E-state index < -0.39 is 44.0 Å². The van der Waals surface area contributed by atoms with E-state index >= 15 is 0 Å². The fourth-order valence-corrected chi connectivity index (χ4v) is 5.35. The van der Waals surface area contributed by atoms with Crippen LogP contribution in [-0.4, -0.2) is 48.1 Å². The Hall–Kier alpha value is -2.90. The second kappa shape index (κ2) is 12.8. The molecule has 2 aromatic rings. The van der Waals surface area contributed by atoms with Gasteiger partial charge in [0.05, 0.1) is 12.1 Å². The molecule has 0 aliphatic rings. The Morgan fingerprint density at radius 2 is 1.47 bits per heavy atom. The SMILES string of the molecule is C[C@H](O[Si](C)(C)C(C)(C)C)[C@H](C(=O)O)[C@H](/C=C/c1ccccc1)N(Cc1ccccc1)C(=O)OC(C)(C)C. The number of aliphatic carboxylic acids is 1.